The number of methoxy groups -OCH3 is 1. The third-order valence-corrected chi connectivity index (χ3v) is 2.44. The number of carbonyl (C=O) groups is 2. The number of ether oxygens (including phenoxy) is 1. The molecule has 0 atom stereocenters. The summed E-state index contributed by atoms with van der Waals surface area (Å²) in [5.74, 6) is -0.674. The minimum atomic E-state index is -0.565. The Balaban J connectivity index is 3.04. The van der Waals surface area contributed by atoms with Gasteiger partial charge in [0.25, 0.3) is 5.69 Å². The number of ketones is 1. The summed E-state index contributed by atoms with van der Waals surface area (Å²) in [5, 5.41) is 10.9. The van der Waals surface area contributed by atoms with Crippen LogP contribution in [0.3, 0.4) is 0 Å². The molecule has 0 aromatic heterocycles. The van der Waals surface area contributed by atoms with E-state index in [1.54, 1.807) is 0 Å². The zero-order chi connectivity index (χ0) is 14.4. The van der Waals surface area contributed by atoms with Crippen molar-refractivity contribution in [1.29, 1.82) is 0 Å². The molecule has 1 rings (SSSR count). The number of nitrogens with zero attached hydrogens (tertiary/aromatic N) is 1. The van der Waals surface area contributed by atoms with Crippen molar-refractivity contribution >= 4 is 23.5 Å². The number of nitro benzene ring substituents is 1. The van der Waals surface area contributed by atoms with E-state index in [1.807, 2.05) is 0 Å². The minimum Gasteiger partial charge on any atom is -0.469 e. The van der Waals surface area contributed by atoms with Crippen LogP contribution in [0.15, 0.2) is 24.3 Å². The SMILES string of the molecule is COC(=O)CC=Cc1ccc(C(C)=O)cc1[N+](=O)[O-]. The average molecular weight is 263 g/mol. The summed E-state index contributed by atoms with van der Waals surface area (Å²) < 4.78 is 4.45. The first-order valence-electron chi connectivity index (χ1n) is 5.48. The molecule has 0 spiro atoms. The molecule has 100 valence electrons. The number of Topliss-reactive ketones (excluding diaryl/α,β-unsaturated/α-hetero) is 1. The van der Waals surface area contributed by atoms with Crippen molar-refractivity contribution in [2.24, 2.45) is 0 Å². The van der Waals surface area contributed by atoms with Gasteiger partial charge in [0.2, 0.25) is 0 Å². The molecule has 0 heterocycles. The van der Waals surface area contributed by atoms with Crippen LogP contribution in [0.1, 0.15) is 29.3 Å². The maximum Gasteiger partial charge on any atom is 0.309 e. The molecule has 0 aliphatic heterocycles. The lowest BCUT2D eigenvalue weighted by Gasteiger charge is -2.00. The number of benzene rings is 1. The molecule has 6 heteroatoms. The third kappa shape index (κ3) is 4.02. The second kappa shape index (κ2) is 6.44. The van der Waals surface area contributed by atoms with Gasteiger partial charge in [-0.15, -0.1) is 0 Å². The van der Waals surface area contributed by atoms with Gasteiger partial charge in [0.15, 0.2) is 5.78 Å². The fourth-order valence-corrected chi connectivity index (χ4v) is 1.43. The summed E-state index contributed by atoms with van der Waals surface area (Å²) in [5.41, 5.74) is 0.435. The van der Waals surface area contributed by atoms with Crippen molar-refractivity contribution in [2.75, 3.05) is 7.11 Å². The lowest BCUT2D eigenvalue weighted by molar-refractivity contribution is -0.385. The van der Waals surface area contributed by atoms with Gasteiger partial charge in [0.1, 0.15) is 0 Å². The van der Waals surface area contributed by atoms with Crippen LogP contribution >= 0.6 is 0 Å². The van der Waals surface area contributed by atoms with Crippen molar-refractivity contribution in [1.82, 2.24) is 0 Å². The maximum absolute atomic E-state index is 11.2. The number of carbonyl (C=O) groups excluding carboxylic acids is 2. The predicted octanol–water partition coefficient (Wildman–Crippen LogP) is 2.37. The van der Waals surface area contributed by atoms with Gasteiger partial charge in [-0.05, 0) is 13.0 Å². The van der Waals surface area contributed by atoms with Crippen molar-refractivity contribution in [3.05, 3.63) is 45.5 Å². The van der Waals surface area contributed by atoms with E-state index in [1.165, 1.54) is 44.4 Å². The molecule has 0 N–H and O–H groups in total. The Hall–Kier alpha value is -2.50. The molecule has 0 unspecified atom stereocenters. The zero-order valence-electron chi connectivity index (χ0n) is 10.6. The van der Waals surface area contributed by atoms with Crippen LogP contribution in [0, 0.1) is 10.1 Å². The number of hydrogen-bond donors (Lipinski definition) is 0. The Morgan fingerprint density at radius 1 is 1.42 bits per heavy atom. The number of rotatable bonds is 5. The van der Waals surface area contributed by atoms with Gasteiger partial charge in [-0.1, -0.05) is 18.2 Å². The molecule has 0 aliphatic rings. The Morgan fingerprint density at radius 2 is 2.11 bits per heavy atom. The zero-order valence-corrected chi connectivity index (χ0v) is 10.6. The van der Waals surface area contributed by atoms with Crippen molar-refractivity contribution in [3.8, 4) is 0 Å². The van der Waals surface area contributed by atoms with Crippen LogP contribution < -0.4 is 0 Å². The van der Waals surface area contributed by atoms with Gasteiger partial charge in [-0.3, -0.25) is 19.7 Å². The van der Waals surface area contributed by atoms with Crippen LogP contribution in [0.5, 0.6) is 0 Å². The van der Waals surface area contributed by atoms with Gasteiger partial charge in [0, 0.05) is 11.6 Å². The molecule has 0 saturated heterocycles. The summed E-state index contributed by atoms with van der Waals surface area (Å²) in [6, 6.07) is 4.20. The molecule has 1 aromatic carbocycles. The first-order valence-corrected chi connectivity index (χ1v) is 5.48. The fraction of sp³-hybridized carbons (Fsp3) is 0.231. The normalized spacial score (nSPS) is 10.4. The number of esters is 1. The molecule has 0 saturated carbocycles. The third-order valence-electron chi connectivity index (χ3n) is 2.44. The topological polar surface area (TPSA) is 86.5 Å². The fourth-order valence-electron chi connectivity index (χ4n) is 1.43. The quantitative estimate of drug-likeness (QED) is 0.352. The second-order valence-electron chi connectivity index (χ2n) is 3.77. The van der Waals surface area contributed by atoms with Gasteiger partial charge >= 0.3 is 5.97 Å². The first-order chi connectivity index (χ1) is 8.95. The summed E-state index contributed by atoms with van der Waals surface area (Å²) in [4.78, 5) is 32.4. The Bertz CT molecular complexity index is 548. The smallest absolute Gasteiger partial charge is 0.309 e. The summed E-state index contributed by atoms with van der Waals surface area (Å²) in [7, 11) is 1.26. The van der Waals surface area contributed by atoms with E-state index < -0.39 is 10.9 Å². The van der Waals surface area contributed by atoms with Gasteiger partial charge in [-0.25, -0.2) is 0 Å². The lowest BCUT2D eigenvalue weighted by atomic mass is 10.1. The highest BCUT2D eigenvalue weighted by Crippen LogP contribution is 2.22. The van der Waals surface area contributed by atoms with Crippen LogP contribution in [0.4, 0.5) is 5.69 Å². The molecule has 0 aliphatic carbocycles. The highest BCUT2D eigenvalue weighted by Gasteiger charge is 2.14. The van der Waals surface area contributed by atoms with Crippen molar-refractivity contribution in [2.45, 2.75) is 13.3 Å². The molecule has 0 bridgehead atoms. The first kappa shape index (κ1) is 14.6. The summed E-state index contributed by atoms with van der Waals surface area (Å²) in [6.45, 7) is 1.34. The maximum atomic E-state index is 11.2. The molecule has 0 fully saturated rings. The van der Waals surface area contributed by atoms with Gasteiger partial charge < -0.3 is 4.74 Å². The molecule has 6 nitrogen and oxygen atoms in total. The van der Waals surface area contributed by atoms with Crippen LogP contribution in [-0.4, -0.2) is 23.8 Å². The van der Waals surface area contributed by atoms with Crippen LogP contribution in [0.2, 0.25) is 0 Å². The highest BCUT2D eigenvalue weighted by atomic mass is 16.6. The lowest BCUT2D eigenvalue weighted by Crippen LogP contribution is -1.98. The van der Waals surface area contributed by atoms with E-state index in [9.17, 15) is 19.7 Å². The highest BCUT2D eigenvalue weighted by molar-refractivity contribution is 5.95. The average Bonchev–Trinajstić information content (AvgIpc) is 2.38. The Morgan fingerprint density at radius 3 is 2.63 bits per heavy atom. The molecule has 0 amide bonds. The standard InChI is InChI=1S/C13H13NO5/c1-9(15)11-7-6-10(12(8-11)14(17)18)4-3-5-13(16)19-2/h3-4,6-8H,5H2,1-2H3. The number of hydrogen-bond acceptors (Lipinski definition) is 5. The largest absolute Gasteiger partial charge is 0.469 e. The minimum absolute atomic E-state index is 0.0299. The molecule has 19 heavy (non-hydrogen) atoms. The summed E-state index contributed by atoms with van der Waals surface area (Å²) in [6.07, 6.45) is 2.96. The van der Waals surface area contributed by atoms with E-state index in [0.717, 1.165) is 0 Å². The number of nitro groups is 1. The van der Waals surface area contributed by atoms with E-state index >= 15 is 0 Å². The molecular weight excluding hydrogens is 250 g/mol. The van der Waals surface area contributed by atoms with E-state index in [-0.39, 0.29) is 23.5 Å². The predicted molar refractivity (Wildman–Crippen MR) is 68.8 cm³/mol. The molecular formula is C13H13NO5. The van der Waals surface area contributed by atoms with E-state index in [0.29, 0.717) is 5.56 Å². The van der Waals surface area contributed by atoms with Crippen LogP contribution in [-0.2, 0) is 9.53 Å². The second-order valence-corrected chi connectivity index (χ2v) is 3.77. The van der Waals surface area contributed by atoms with Crippen molar-refractivity contribution in [3.63, 3.8) is 0 Å². The van der Waals surface area contributed by atoms with Gasteiger partial charge in [-0.2, -0.15) is 0 Å². The summed E-state index contributed by atoms with van der Waals surface area (Å²) >= 11 is 0. The van der Waals surface area contributed by atoms with Crippen molar-refractivity contribution < 1.29 is 19.2 Å². The monoisotopic (exact) mass is 263 g/mol. The van der Waals surface area contributed by atoms with Crippen LogP contribution in [0.25, 0.3) is 6.08 Å². The molecule has 0 radical (unpaired) electrons. The molecule has 1 aromatic rings. The van der Waals surface area contributed by atoms with E-state index in [2.05, 4.69) is 4.74 Å². The van der Waals surface area contributed by atoms with E-state index in [4.69, 9.17) is 0 Å². The van der Waals surface area contributed by atoms with Gasteiger partial charge in [0.05, 0.1) is 24.0 Å². The Labute approximate surface area is 109 Å². The Kier molecular flexibility index (Phi) is 4.93.